The highest BCUT2D eigenvalue weighted by molar-refractivity contribution is 8.00. The van der Waals surface area contributed by atoms with Gasteiger partial charge in [0.25, 0.3) is 0 Å². The van der Waals surface area contributed by atoms with Gasteiger partial charge >= 0.3 is 0 Å². The number of anilines is 1. The fourth-order valence-corrected chi connectivity index (χ4v) is 6.84. The van der Waals surface area contributed by atoms with Crippen LogP contribution < -0.4 is 10.2 Å². The lowest BCUT2D eigenvalue weighted by Crippen LogP contribution is -2.42. The number of nitrogens with zero attached hydrogens (tertiary/aromatic N) is 3. The number of carbonyl (C=O) groups is 2. The second kappa shape index (κ2) is 10.9. The van der Waals surface area contributed by atoms with Crippen LogP contribution in [0.25, 0.3) is 16.9 Å². The minimum absolute atomic E-state index is 0.0472. The summed E-state index contributed by atoms with van der Waals surface area (Å²) in [6, 6.07) is 20.5. The minimum atomic E-state index is -0.171. The van der Waals surface area contributed by atoms with Crippen LogP contribution in [0.4, 0.5) is 5.82 Å². The summed E-state index contributed by atoms with van der Waals surface area (Å²) in [6.45, 7) is 6.66. The van der Waals surface area contributed by atoms with E-state index < -0.39 is 0 Å². The van der Waals surface area contributed by atoms with E-state index in [1.807, 2.05) is 41.9 Å². The van der Waals surface area contributed by atoms with Crippen LogP contribution in [0.3, 0.4) is 0 Å². The number of fused-ring (bicyclic) bond motifs is 1. The number of carbonyl (C=O) groups excluding carboxylic acids is 2. The average Bonchev–Trinajstić information content (AvgIpc) is 3.53. The van der Waals surface area contributed by atoms with Crippen molar-refractivity contribution < 1.29 is 9.59 Å². The van der Waals surface area contributed by atoms with Gasteiger partial charge in [-0.1, -0.05) is 61.0 Å². The molecule has 0 bridgehead atoms. The monoisotopic (exact) mass is 530 g/mol. The second-order valence-electron chi connectivity index (χ2n) is 9.19. The van der Waals surface area contributed by atoms with Gasteiger partial charge in [0.2, 0.25) is 11.8 Å². The van der Waals surface area contributed by atoms with Gasteiger partial charge in [-0.05, 0) is 43.3 Å². The molecule has 0 saturated heterocycles. The Morgan fingerprint density at radius 3 is 2.62 bits per heavy atom. The first kappa shape index (κ1) is 25.3. The van der Waals surface area contributed by atoms with Gasteiger partial charge in [0, 0.05) is 22.5 Å². The van der Waals surface area contributed by atoms with Crippen molar-refractivity contribution in [3.8, 4) is 16.9 Å². The third-order valence-corrected chi connectivity index (χ3v) is 8.72. The van der Waals surface area contributed by atoms with Crippen LogP contribution in [0.5, 0.6) is 0 Å². The number of rotatable bonds is 7. The van der Waals surface area contributed by atoms with E-state index in [2.05, 4.69) is 54.9 Å². The molecule has 3 heterocycles. The molecule has 1 N–H and O–H groups in total. The predicted octanol–water partition coefficient (Wildman–Crippen LogP) is 5.91. The maximum absolute atomic E-state index is 13.7. The molecule has 1 aliphatic heterocycles. The molecule has 0 spiro atoms. The first-order valence-electron chi connectivity index (χ1n) is 12.5. The van der Waals surface area contributed by atoms with Gasteiger partial charge in [-0.2, -0.15) is 5.10 Å². The van der Waals surface area contributed by atoms with E-state index in [0.717, 1.165) is 44.9 Å². The van der Waals surface area contributed by atoms with Crippen molar-refractivity contribution >= 4 is 40.7 Å². The number of aryl methyl sites for hydroxylation is 2. The molecule has 1 aliphatic rings. The smallest absolute Gasteiger partial charge is 0.240 e. The van der Waals surface area contributed by atoms with Crippen molar-refractivity contribution in [1.82, 2.24) is 15.1 Å². The molecule has 0 saturated carbocycles. The fraction of sp³-hybridized carbons (Fsp3) is 0.276. The van der Waals surface area contributed by atoms with Crippen molar-refractivity contribution in [3.63, 3.8) is 0 Å². The van der Waals surface area contributed by atoms with Gasteiger partial charge in [0.1, 0.15) is 12.4 Å². The molecule has 2 aromatic heterocycles. The van der Waals surface area contributed by atoms with Crippen LogP contribution in [0.1, 0.15) is 40.2 Å². The van der Waals surface area contributed by atoms with E-state index in [-0.39, 0.29) is 29.4 Å². The van der Waals surface area contributed by atoms with Crippen molar-refractivity contribution in [1.29, 1.82) is 0 Å². The van der Waals surface area contributed by atoms with Crippen LogP contribution in [-0.2, 0) is 9.59 Å². The van der Waals surface area contributed by atoms with Crippen molar-refractivity contribution in [2.75, 3.05) is 23.7 Å². The molecule has 37 heavy (non-hydrogen) atoms. The summed E-state index contributed by atoms with van der Waals surface area (Å²) in [5.41, 5.74) is 5.88. The third-order valence-electron chi connectivity index (χ3n) is 6.39. The van der Waals surface area contributed by atoms with Gasteiger partial charge in [-0.25, -0.2) is 4.68 Å². The molecular formula is C29H30N4O2S2. The molecule has 2 aromatic carbocycles. The van der Waals surface area contributed by atoms with Crippen LogP contribution in [0, 0.1) is 13.8 Å². The van der Waals surface area contributed by atoms with Gasteiger partial charge in [0.05, 0.1) is 22.4 Å². The molecule has 190 valence electrons. The highest BCUT2D eigenvalue weighted by Gasteiger charge is 2.38. The van der Waals surface area contributed by atoms with Crippen LogP contribution in [0.15, 0.2) is 66.0 Å². The molecule has 8 heteroatoms. The van der Waals surface area contributed by atoms with E-state index in [9.17, 15) is 9.59 Å². The Hall–Kier alpha value is -3.36. The molecule has 0 fully saturated rings. The Morgan fingerprint density at radius 1 is 1.11 bits per heavy atom. The molecule has 0 aliphatic carbocycles. The molecule has 2 amide bonds. The summed E-state index contributed by atoms with van der Waals surface area (Å²) in [6.07, 6.45) is 0.833. The van der Waals surface area contributed by atoms with E-state index >= 15 is 0 Å². The number of hydrogen-bond acceptors (Lipinski definition) is 5. The number of thioether (sulfide) groups is 1. The summed E-state index contributed by atoms with van der Waals surface area (Å²) in [4.78, 5) is 29.4. The van der Waals surface area contributed by atoms with E-state index in [1.165, 1.54) is 0 Å². The minimum Gasteiger partial charge on any atom is -0.355 e. The standard InChI is InChI=1S/C29H30N4O2S2/c1-4-14-30-24(34)17-32-25(35)18-37-28(23-11-8-15-36-23)26-27(21-9-6-5-7-10-21)31-33(29(26)32)22-13-12-19(2)16-20(22)3/h5-13,15-16,28H,4,14,17-18H2,1-3H3,(H,30,34). The maximum Gasteiger partial charge on any atom is 0.240 e. The molecule has 4 aromatic rings. The van der Waals surface area contributed by atoms with Gasteiger partial charge in [-0.15, -0.1) is 23.1 Å². The predicted molar refractivity (Wildman–Crippen MR) is 153 cm³/mol. The average molecular weight is 531 g/mol. The lowest BCUT2D eigenvalue weighted by Gasteiger charge is -2.23. The number of hydrogen-bond donors (Lipinski definition) is 1. The summed E-state index contributed by atoms with van der Waals surface area (Å²) in [7, 11) is 0. The van der Waals surface area contributed by atoms with Crippen molar-refractivity contribution in [2.45, 2.75) is 32.4 Å². The topological polar surface area (TPSA) is 67.2 Å². The quantitative estimate of drug-likeness (QED) is 0.322. The first-order valence-corrected chi connectivity index (χ1v) is 14.4. The Kier molecular flexibility index (Phi) is 7.48. The lowest BCUT2D eigenvalue weighted by atomic mass is 10.0. The highest BCUT2D eigenvalue weighted by atomic mass is 32.2. The molecule has 6 nitrogen and oxygen atoms in total. The van der Waals surface area contributed by atoms with Crippen molar-refractivity contribution in [3.05, 3.63) is 87.6 Å². The SMILES string of the molecule is CCCNC(=O)CN1C(=O)CSC(c2cccs2)c2c(-c3ccccc3)nn(-c3ccc(C)cc3C)c21. The number of nitrogens with one attached hydrogen (secondary N) is 1. The number of benzene rings is 2. The van der Waals surface area contributed by atoms with Gasteiger partial charge in [0.15, 0.2) is 0 Å². The second-order valence-corrected chi connectivity index (χ2v) is 11.3. The highest BCUT2D eigenvalue weighted by Crippen LogP contribution is 2.49. The first-order chi connectivity index (χ1) is 18.0. The van der Waals surface area contributed by atoms with E-state index in [0.29, 0.717) is 12.4 Å². The van der Waals surface area contributed by atoms with Gasteiger partial charge < -0.3 is 5.32 Å². The number of aromatic nitrogens is 2. The molecule has 0 radical (unpaired) electrons. The third kappa shape index (κ3) is 5.08. The molecular weight excluding hydrogens is 500 g/mol. The van der Waals surface area contributed by atoms with Crippen molar-refractivity contribution in [2.24, 2.45) is 0 Å². The fourth-order valence-electron chi connectivity index (χ4n) is 4.67. The Labute approximate surface area is 225 Å². The number of amides is 2. The summed E-state index contributed by atoms with van der Waals surface area (Å²) >= 11 is 3.28. The zero-order valence-electron chi connectivity index (χ0n) is 21.2. The Balaban J connectivity index is 1.79. The zero-order chi connectivity index (χ0) is 25.9. The number of thiophene rings is 1. The van der Waals surface area contributed by atoms with Crippen LogP contribution >= 0.6 is 23.1 Å². The van der Waals surface area contributed by atoms with Crippen LogP contribution in [-0.4, -0.2) is 40.4 Å². The Bertz CT molecular complexity index is 1410. The molecule has 1 atom stereocenters. The van der Waals surface area contributed by atoms with E-state index in [4.69, 9.17) is 5.10 Å². The summed E-state index contributed by atoms with van der Waals surface area (Å²) in [5.74, 6) is 0.683. The molecule has 5 rings (SSSR count). The molecule has 1 unspecified atom stereocenters. The zero-order valence-corrected chi connectivity index (χ0v) is 22.9. The summed E-state index contributed by atoms with van der Waals surface area (Å²) < 4.78 is 1.88. The van der Waals surface area contributed by atoms with E-state index in [1.54, 1.807) is 28.0 Å². The Morgan fingerprint density at radius 2 is 1.92 bits per heavy atom. The maximum atomic E-state index is 13.7. The van der Waals surface area contributed by atoms with Crippen LogP contribution in [0.2, 0.25) is 0 Å². The van der Waals surface area contributed by atoms with Gasteiger partial charge in [-0.3, -0.25) is 14.5 Å². The lowest BCUT2D eigenvalue weighted by molar-refractivity contribution is -0.122. The largest absolute Gasteiger partial charge is 0.355 e. The summed E-state index contributed by atoms with van der Waals surface area (Å²) in [5, 5.41) is 10.1. The normalized spacial score (nSPS) is 15.4.